The van der Waals surface area contributed by atoms with Crippen LogP contribution in [0.1, 0.15) is 52.6 Å². The van der Waals surface area contributed by atoms with Gasteiger partial charge in [0.15, 0.2) is 5.78 Å². The van der Waals surface area contributed by atoms with Crippen LogP contribution in [0, 0.1) is 12.8 Å². The number of nitrogens with one attached hydrogen (secondary N) is 1. The maximum Gasteiger partial charge on any atom is 0.257 e. The van der Waals surface area contributed by atoms with Crippen LogP contribution in [0.15, 0.2) is 36.4 Å². The lowest BCUT2D eigenvalue weighted by Crippen LogP contribution is -2.18. The van der Waals surface area contributed by atoms with Gasteiger partial charge in [-0.2, -0.15) is 0 Å². The molecule has 4 heteroatoms. The maximum atomic E-state index is 12.6. The first-order valence-corrected chi connectivity index (χ1v) is 8.47. The molecule has 0 atom stereocenters. The number of benzene rings is 2. The summed E-state index contributed by atoms with van der Waals surface area (Å²) in [7, 11) is 0. The fourth-order valence-electron chi connectivity index (χ4n) is 2.59. The summed E-state index contributed by atoms with van der Waals surface area (Å²) in [6.45, 7) is 7.57. The summed E-state index contributed by atoms with van der Waals surface area (Å²) in [4.78, 5) is 25.2. The molecule has 2 rings (SSSR count). The quantitative estimate of drug-likeness (QED) is 0.748. The predicted molar refractivity (Wildman–Crippen MR) is 99.1 cm³/mol. The van der Waals surface area contributed by atoms with E-state index < -0.39 is 0 Å². The summed E-state index contributed by atoms with van der Waals surface area (Å²) < 4.78 is 0. The first-order chi connectivity index (χ1) is 11.4. The molecule has 0 saturated heterocycles. The highest BCUT2D eigenvalue weighted by molar-refractivity contribution is 6.35. The van der Waals surface area contributed by atoms with Crippen LogP contribution in [0.4, 0.5) is 5.69 Å². The highest BCUT2D eigenvalue weighted by Gasteiger charge is 2.20. The van der Waals surface area contributed by atoms with Crippen LogP contribution in [0.5, 0.6) is 0 Å². The summed E-state index contributed by atoms with van der Waals surface area (Å²) in [6.07, 6.45) is 0.725. The van der Waals surface area contributed by atoms with E-state index in [4.69, 9.17) is 11.6 Å². The molecule has 0 aliphatic rings. The Kier molecular flexibility index (Phi) is 5.79. The van der Waals surface area contributed by atoms with Gasteiger partial charge in [0.2, 0.25) is 0 Å². The summed E-state index contributed by atoms with van der Waals surface area (Å²) in [5.74, 6) is -0.427. The minimum Gasteiger partial charge on any atom is -0.321 e. The van der Waals surface area contributed by atoms with Gasteiger partial charge in [-0.25, -0.2) is 0 Å². The molecule has 0 heterocycles. The second-order valence-corrected chi connectivity index (χ2v) is 6.48. The van der Waals surface area contributed by atoms with E-state index in [0.29, 0.717) is 21.8 Å². The van der Waals surface area contributed by atoms with Crippen molar-refractivity contribution in [3.8, 4) is 0 Å². The van der Waals surface area contributed by atoms with Crippen molar-refractivity contribution < 1.29 is 9.59 Å². The molecule has 126 valence electrons. The first-order valence-electron chi connectivity index (χ1n) is 8.09. The molecule has 0 saturated carbocycles. The molecule has 2 aromatic rings. The first kappa shape index (κ1) is 18.2. The van der Waals surface area contributed by atoms with E-state index in [-0.39, 0.29) is 17.6 Å². The molecular weight excluding hydrogens is 322 g/mol. The van der Waals surface area contributed by atoms with E-state index in [1.165, 1.54) is 0 Å². The second kappa shape index (κ2) is 7.63. The normalized spacial score (nSPS) is 10.8. The number of amides is 1. The Morgan fingerprint density at radius 3 is 2.42 bits per heavy atom. The Bertz CT molecular complexity index is 781. The van der Waals surface area contributed by atoms with E-state index in [9.17, 15) is 9.59 Å². The Labute approximate surface area is 148 Å². The second-order valence-electron chi connectivity index (χ2n) is 6.10. The zero-order chi connectivity index (χ0) is 17.9. The Morgan fingerprint density at radius 1 is 1.12 bits per heavy atom. The molecule has 0 fully saturated rings. The maximum absolute atomic E-state index is 12.6. The SMILES string of the molecule is CCc1cccc(NC(=O)c2cccc(C)c2Cl)c1C(=O)C(C)C. The van der Waals surface area contributed by atoms with Gasteiger partial charge in [-0.15, -0.1) is 0 Å². The lowest BCUT2D eigenvalue weighted by molar-refractivity contribution is 0.0939. The van der Waals surface area contributed by atoms with Gasteiger partial charge in [0.1, 0.15) is 0 Å². The number of rotatable bonds is 5. The Balaban J connectivity index is 2.44. The molecular formula is C20H22ClNO2. The van der Waals surface area contributed by atoms with Crippen molar-refractivity contribution in [1.82, 2.24) is 0 Å². The van der Waals surface area contributed by atoms with Gasteiger partial charge in [0.05, 0.1) is 16.3 Å². The summed E-state index contributed by atoms with van der Waals surface area (Å²) >= 11 is 6.24. The van der Waals surface area contributed by atoms with Crippen molar-refractivity contribution in [1.29, 1.82) is 0 Å². The smallest absolute Gasteiger partial charge is 0.257 e. The van der Waals surface area contributed by atoms with Crippen molar-refractivity contribution in [2.45, 2.75) is 34.1 Å². The summed E-state index contributed by atoms with van der Waals surface area (Å²) in [6, 6.07) is 10.9. The lowest BCUT2D eigenvalue weighted by Gasteiger charge is -2.16. The van der Waals surface area contributed by atoms with Gasteiger partial charge in [-0.1, -0.05) is 56.6 Å². The molecule has 3 nitrogen and oxygen atoms in total. The molecule has 0 aliphatic heterocycles. The number of anilines is 1. The molecule has 0 spiro atoms. The van der Waals surface area contributed by atoms with Crippen molar-refractivity contribution in [2.75, 3.05) is 5.32 Å². The van der Waals surface area contributed by atoms with Crippen LogP contribution in [0.3, 0.4) is 0 Å². The van der Waals surface area contributed by atoms with Crippen LogP contribution in [0.2, 0.25) is 5.02 Å². The zero-order valence-electron chi connectivity index (χ0n) is 14.4. The van der Waals surface area contributed by atoms with Gasteiger partial charge in [0.25, 0.3) is 5.91 Å². The number of carbonyl (C=O) groups is 2. The summed E-state index contributed by atoms with van der Waals surface area (Å²) in [5, 5.41) is 3.29. The van der Waals surface area contributed by atoms with Gasteiger partial charge < -0.3 is 5.32 Å². The Morgan fingerprint density at radius 2 is 1.79 bits per heavy atom. The van der Waals surface area contributed by atoms with E-state index in [1.54, 1.807) is 18.2 Å². The number of halogens is 1. The number of hydrogen-bond acceptors (Lipinski definition) is 2. The standard InChI is InChI=1S/C20H22ClNO2/c1-5-14-9-7-11-16(17(14)19(23)12(2)3)22-20(24)15-10-6-8-13(4)18(15)21/h6-12H,5H2,1-4H3,(H,22,24). The number of Topliss-reactive ketones (excluding diaryl/α,β-unsaturated/α-hetero) is 1. The fourth-order valence-corrected chi connectivity index (χ4v) is 2.80. The fraction of sp³-hybridized carbons (Fsp3) is 0.300. The molecule has 24 heavy (non-hydrogen) atoms. The zero-order valence-corrected chi connectivity index (χ0v) is 15.2. The van der Waals surface area contributed by atoms with E-state index >= 15 is 0 Å². The van der Waals surface area contributed by atoms with Crippen molar-refractivity contribution >= 4 is 29.0 Å². The molecule has 0 aromatic heterocycles. The highest BCUT2D eigenvalue weighted by atomic mass is 35.5. The number of ketones is 1. The third-order valence-electron chi connectivity index (χ3n) is 3.99. The summed E-state index contributed by atoms with van der Waals surface area (Å²) in [5.41, 5.74) is 3.30. The van der Waals surface area contributed by atoms with Gasteiger partial charge in [-0.3, -0.25) is 9.59 Å². The number of carbonyl (C=O) groups excluding carboxylic acids is 2. The topological polar surface area (TPSA) is 46.2 Å². The largest absolute Gasteiger partial charge is 0.321 e. The molecule has 1 N–H and O–H groups in total. The van der Waals surface area contributed by atoms with Crippen LogP contribution in [0.25, 0.3) is 0 Å². The van der Waals surface area contributed by atoms with Crippen LogP contribution in [-0.2, 0) is 6.42 Å². The average molecular weight is 344 g/mol. The Hall–Kier alpha value is -2.13. The average Bonchev–Trinajstić information content (AvgIpc) is 2.56. The minimum absolute atomic E-state index is 0.0260. The molecule has 0 aliphatic carbocycles. The lowest BCUT2D eigenvalue weighted by atomic mass is 9.93. The van der Waals surface area contributed by atoms with E-state index in [1.807, 2.05) is 45.9 Å². The molecule has 0 bridgehead atoms. The predicted octanol–water partition coefficient (Wildman–Crippen LogP) is 5.30. The van der Waals surface area contributed by atoms with Crippen LogP contribution < -0.4 is 5.32 Å². The molecule has 1 amide bonds. The molecule has 0 unspecified atom stereocenters. The van der Waals surface area contributed by atoms with E-state index in [0.717, 1.165) is 17.5 Å². The molecule has 0 radical (unpaired) electrons. The van der Waals surface area contributed by atoms with Crippen LogP contribution in [-0.4, -0.2) is 11.7 Å². The van der Waals surface area contributed by atoms with Gasteiger partial charge in [0, 0.05) is 11.5 Å². The van der Waals surface area contributed by atoms with E-state index in [2.05, 4.69) is 5.32 Å². The highest BCUT2D eigenvalue weighted by Crippen LogP contribution is 2.26. The monoisotopic (exact) mass is 343 g/mol. The third-order valence-corrected chi connectivity index (χ3v) is 4.49. The van der Waals surface area contributed by atoms with Crippen LogP contribution >= 0.6 is 11.6 Å². The van der Waals surface area contributed by atoms with Crippen molar-refractivity contribution in [3.05, 3.63) is 63.7 Å². The molecule has 2 aromatic carbocycles. The van der Waals surface area contributed by atoms with Gasteiger partial charge in [-0.05, 0) is 36.6 Å². The minimum atomic E-state index is -0.310. The third kappa shape index (κ3) is 3.68. The van der Waals surface area contributed by atoms with Gasteiger partial charge >= 0.3 is 0 Å². The van der Waals surface area contributed by atoms with Crippen molar-refractivity contribution in [3.63, 3.8) is 0 Å². The van der Waals surface area contributed by atoms with Crippen molar-refractivity contribution in [2.24, 2.45) is 5.92 Å². The number of aryl methyl sites for hydroxylation is 2. The number of hydrogen-bond donors (Lipinski definition) is 1.